The van der Waals surface area contributed by atoms with Crippen LogP contribution in [0.15, 0.2) is 24.8 Å². The van der Waals surface area contributed by atoms with Crippen molar-refractivity contribution in [3.8, 4) is 11.5 Å². The zero-order chi connectivity index (χ0) is 18.4. The molecule has 0 spiro atoms. The highest BCUT2D eigenvalue weighted by atomic mass is 16.5. The number of aliphatic hydroxyl groups excluding tert-OH is 1. The minimum absolute atomic E-state index is 0.00988. The molecular weight excluding hydrogens is 328 g/mol. The molecule has 0 aliphatic carbocycles. The molecule has 136 valence electrons. The lowest BCUT2D eigenvalue weighted by atomic mass is 10.1. The van der Waals surface area contributed by atoms with E-state index in [1.54, 1.807) is 4.90 Å². The Labute approximate surface area is 145 Å². The minimum Gasteiger partial charge on any atom is -0.504 e. The molecule has 0 saturated carbocycles. The number of anilines is 1. The Morgan fingerprint density at radius 2 is 2.24 bits per heavy atom. The van der Waals surface area contributed by atoms with Crippen molar-refractivity contribution in [2.45, 2.75) is 18.9 Å². The fourth-order valence-electron chi connectivity index (χ4n) is 2.74. The number of ether oxygens (including phenoxy) is 2. The molecule has 1 fully saturated rings. The van der Waals surface area contributed by atoms with Crippen molar-refractivity contribution in [3.63, 3.8) is 0 Å². The van der Waals surface area contributed by atoms with Gasteiger partial charge < -0.3 is 24.6 Å². The molecule has 1 aromatic carbocycles. The molecule has 1 saturated heterocycles. The number of nitrogens with one attached hydrogen (secondary N) is 1. The highest BCUT2D eigenvalue weighted by Crippen LogP contribution is 2.34. The van der Waals surface area contributed by atoms with Crippen LogP contribution in [0.5, 0.6) is 11.5 Å². The average Bonchev–Trinajstić information content (AvgIpc) is 3.08. The predicted molar refractivity (Wildman–Crippen MR) is 91.0 cm³/mol. The molecule has 1 aliphatic heterocycles. The summed E-state index contributed by atoms with van der Waals surface area (Å²) in [6.45, 7) is 3.83. The molecule has 8 heteroatoms. The lowest BCUT2D eigenvalue weighted by Gasteiger charge is -2.24. The van der Waals surface area contributed by atoms with Gasteiger partial charge in [0.15, 0.2) is 11.5 Å². The van der Waals surface area contributed by atoms with Gasteiger partial charge in [0.2, 0.25) is 0 Å². The summed E-state index contributed by atoms with van der Waals surface area (Å²) in [6.07, 6.45) is 2.13. The normalized spacial score (nSPS) is 16.4. The summed E-state index contributed by atoms with van der Waals surface area (Å²) in [4.78, 5) is 26.2. The van der Waals surface area contributed by atoms with Crippen molar-refractivity contribution < 1.29 is 29.3 Å². The number of aliphatic hydroxyl groups is 1. The van der Waals surface area contributed by atoms with Crippen LogP contribution in [0.3, 0.4) is 0 Å². The fourth-order valence-corrected chi connectivity index (χ4v) is 2.74. The quantitative estimate of drug-likeness (QED) is 0.674. The van der Waals surface area contributed by atoms with Crippen molar-refractivity contribution in [2.75, 3.05) is 32.2 Å². The number of likely N-dealkylation sites (tertiary alicyclic amines) is 1. The predicted octanol–water partition coefficient (Wildman–Crippen LogP) is 1.73. The second-order valence-electron chi connectivity index (χ2n) is 5.56. The number of carbonyl (C=O) groups is 2. The van der Waals surface area contributed by atoms with Crippen LogP contribution in [-0.2, 0) is 4.74 Å². The number of phenols is 1. The Morgan fingerprint density at radius 3 is 2.88 bits per heavy atom. The monoisotopic (exact) mass is 350 g/mol. The topological polar surface area (TPSA) is 108 Å². The molecular formula is C17H22N2O6. The van der Waals surface area contributed by atoms with Gasteiger partial charge in [0.05, 0.1) is 31.0 Å². The molecule has 1 aromatic rings. The van der Waals surface area contributed by atoms with Crippen molar-refractivity contribution in [1.29, 1.82) is 0 Å². The van der Waals surface area contributed by atoms with E-state index in [9.17, 15) is 19.8 Å². The molecule has 0 aromatic heterocycles. The third-order valence-electron chi connectivity index (χ3n) is 3.97. The van der Waals surface area contributed by atoms with E-state index in [1.165, 1.54) is 25.3 Å². The first-order valence-corrected chi connectivity index (χ1v) is 7.89. The summed E-state index contributed by atoms with van der Waals surface area (Å²) in [7, 11) is 1.36. The number of nitrogens with zero attached hydrogens (tertiary/aromatic N) is 1. The fraction of sp³-hybridized carbons (Fsp3) is 0.412. The molecule has 8 nitrogen and oxygen atoms in total. The van der Waals surface area contributed by atoms with Gasteiger partial charge in [-0.2, -0.15) is 0 Å². The lowest BCUT2D eigenvalue weighted by molar-refractivity contribution is 0.0678. The van der Waals surface area contributed by atoms with Crippen molar-refractivity contribution >= 4 is 17.7 Å². The molecule has 1 aliphatic rings. The van der Waals surface area contributed by atoms with E-state index in [-0.39, 0.29) is 47.9 Å². The van der Waals surface area contributed by atoms with Gasteiger partial charge in [-0.1, -0.05) is 12.7 Å². The van der Waals surface area contributed by atoms with E-state index in [2.05, 4.69) is 11.9 Å². The van der Waals surface area contributed by atoms with E-state index in [0.29, 0.717) is 13.0 Å². The molecule has 0 radical (unpaired) electrons. The molecule has 1 atom stereocenters. The zero-order valence-corrected chi connectivity index (χ0v) is 14.0. The first kappa shape index (κ1) is 18.6. The van der Waals surface area contributed by atoms with Crippen molar-refractivity contribution in [3.05, 3.63) is 30.4 Å². The molecule has 3 N–H and O–H groups in total. The highest BCUT2D eigenvalue weighted by Gasteiger charge is 2.31. The number of rotatable bonds is 6. The zero-order valence-electron chi connectivity index (χ0n) is 14.0. The van der Waals surface area contributed by atoms with Crippen LogP contribution >= 0.6 is 0 Å². The Balaban J connectivity index is 2.34. The number of hydrogen-bond acceptors (Lipinski definition) is 6. The minimum atomic E-state index is -0.779. The number of phenolic OH excluding ortho intramolecular Hbond substituents is 1. The summed E-state index contributed by atoms with van der Waals surface area (Å²) in [5, 5.41) is 21.8. The average molecular weight is 350 g/mol. The summed E-state index contributed by atoms with van der Waals surface area (Å²) >= 11 is 0. The van der Waals surface area contributed by atoms with Gasteiger partial charge in [0, 0.05) is 12.6 Å². The van der Waals surface area contributed by atoms with E-state index >= 15 is 0 Å². The van der Waals surface area contributed by atoms with Crippen LogP contribution in [0.25, 0.3) is 0 Å². The molecule has 0 bridgehead atoms. The first-order valence-electron chi connectivity index (χ1n) is 7.89. The maximum absolute atomic E-state index is 12.9. The van der Waals surface area contributed by atoms with E-state index < -0.39 is 6.09 Å². The first-order chi connectivity index (χ1) is 12.0. The summed E-state index contributed by atoms with van der Waals surface area (Å²) < 4.78 is 9.90. The number of benzene rings is 1. The van der Waals surface area contributed by atoms with Gasteiger partial charge >= 0.3 is 6.09 Å². The molecule has 25 heavy (non-hydrogen) atoms. The molecule has 1 heterocycles. The number of hydrogen-bond donors (Lipinski definition) is 3. The standard InChI is InChI=1S/C17H22N2O6/c1-3-7-25-17(23)18-13-9-14(21)15(24-2)8-12(13)16(22)19-6-4-5-11(19)10-20/h3,8-9,11,20-21H,1,4-7,10H2,2H3,(H,18,23)/t11-/m0/s1. The van der Waals surface area contributed by atoms with Gasteiger partial charge in [-0.3, -0.25) is 10.1 Å². The second kappa shape index (κ2) is 8.39. The van der Waals surface area contributed by atoms with E-state index in [1.807, 2.05) is 0 Å². The van der Waals surface area contributed by atoms with Gasteiger partial charge in [0.1, 0.15) is 6.61 Å². The summed E-state index contributed by atoms with van der Waals surface area (Å²) in [5.74, 6) is -0.486. The van der Waals surface area contributed by atoms with Gasteiger partial charge in [0.25, 0.3) is 5.91 Å². The SMILES string of the molecule is C=CCOC(=O)Nc1cc(O)c(OC)cc1C(=O)N1CCC[C@H]1CO. The van der Waals surface area contributed by atoms with Crippen molar-refractivity contribution in [1.82, 2.24) is 4.90 Å². The van der Waals surface area contributed by atoms with Crippen LogP contribution in [0, 0.1) is 0 Å². The van der Waals surface area contributed by atoms with Gasteiger partial charge in [-0.05, 0) is 18.9 Å². The van der Waals surface area contributed by atoms with Crippen LogP contribution in [0.1, 0.15) is 23.2 Å². The Hall–Kier alpha value is -2.74. The van der Waals surface area contributed by atoms with Gasteiger partial charge in [-0.25, -0.2) is 4.79 Å². The number of aromatic hydroxyl groups is 1. The third kappa shape index (κ3) is 4.21. The Bertz CT molecular complexity index is 661. The number of methoxy groups -OCH3 is 1. The summed E-state index contributed by atoms with van der Waals surface area (Å²) in [6, 6.07) is 2.31. The lowest BCUT2D eigenvalue weighted by Crippen LogP contribution is -2.38. The maximum atomic E-state index is 12.9. The number of amides is 2. The smallest absolute Gasteiger partial charge is 0.411 e. The maximum Gasteiger partial charge on any atom is 0.411 e. The van der Waals surface area contributed by atoms with E-state index in [0.717, 1.165) is 6.42 Å². The number of carbonyl (C=O) groups excluding carboxylic acids is 2. The van der Waals surface area contributed by atoms with Crippen LogP contribution < -0.4 is 10.1 Å². The van der Waals surface area contributed by atoms with Crippen LogP contribution in [0.4, 0.5) is 10.5 Å². The van der Waals surface area contributed by atoms with E-state index in [4.69, 9.17) is 9.47 Å². The second-order valence-corrected chi connectivity index (χ2v) is 5.56. The van der Waals surface area contributed by atoms with Gasteiger partial charge in [-0.15, -0.1) is 0 Å². The summed E-state index contributed by atoms with van der Waals surface area (Å²) in [5.41, 5.74) is 0.242. The van der Waals surface area contributed by atoms with Crippen molar-refractivity contribution in [2.24, 2.45) is 0 Å². The highest BCUT2D eigenvalue weighted by molar-refractivity contribution is 6.03. The largest absolute Gasteiger partial charge is 0.504 e. The Kier molecular flexibility index (Phi) is 6.24. The Morgan fingerprint density at radius 1 is 1.48 bits per heavy atom. The molecule has 2 amide bonds. The van der Waals surface area contributed by atoms with Crippen LogP contribution in [-0.4, -0.2) is 60.0 Å². The van der Waals surface area contributed by atoms with Crippen LogP contribution in [0.2, 0.25) is 0 Å². The molecule has 0 unspecified atom stereocenters. The molecule has 2 rings (SSSR count). The third-order valence-corrected chi connectivity index (χ3v) is 3.97.